The molecule has 2 heterocycles. The molecule has 0 bridgehead atoms. The second-order valence-corrected chi connectivity index (χ2v) is 7.68. The van der Waals surface area contributed by atoms with Crippen LogP contribution in [0.5, 0.6) is 11.5 Å². The number of amides is 1. The monoisotopic (exact) mass is 400 g/mol. The van der Waals surface area contributed by atoms with Gasteiger partial charge in [0.25, 0.3) is 5.91 Å². The number of fused-ring (bicyclic) bond motifs is 1. The molecule has 0 aromatic heterocycles. The number of halogens is 1. The third-order valence-corrected chi connectivity index (χ3v) is 5.87. The standard InChI is InChI=1S/C22H25ClN2O3/c1-2-24-11-5-6-17(24)14-25(22(26)18-7-3-4-8-19(18)23)13-16-9-10-20-21(12-16)28-15-27-20/h3-4,7-10,12,17H,2,5-6,11,13-15H2,1H3/t17-/m1/s1. The maximum Gasteiger partial charge on any atom is 0.255 e. The Hall–Kier alpha value is -2.24. The highest BCUT2D eigenvalue weighted by Crippen LogP contribution is 2.33. The Kier molecular flexibility index (Phi) is 5.74. The van der Waals surface area contributed by atoms with Gasteiger partial charge in [0.2, 0.25) is 6.79 Å². The number of likely N-dealkylation sites (N-methyl/N-ethyl adjacent to an activating group) is 1. The molecular formula is C22H25ClN2O3. The van der Waals surface area contributed by atoms with Crippen LogP contribution < -0.4 is 9.47 Å². The highest BCUT2D eigenvalue weighted by molar-refractivity contribution is 6.33. The van der Waals surface area contributed by atoms with E-state index < -0.39 is 0 Å². The van der Waals surface area contributed by atoms with Crippen molar-refractivity contribution in [1.29, 1.82) is 0 Å². The highest BCUT2D eigenvalue weighted by atomic mass is 35.5. The molecule has 2 aliphatic rings. The summed E-state index contributed by atoms with van der Waals surface area (Å²) in [5, 5.41) is 0.488. The van der Waals surface area contributed by atoms with E-state index in [9.17, 15) is 4.79 Å². The third-order valence-electron chi connectivity index (χ3n) is 5.54. The van der Waals surface area contributed by atoms with E-state index in [1.54, 1.807) is 12.1 Å². The summed E-state index contributed by atoms with van der Waals surface area (Å²) in [5.41, 5.74) is 1.57. The van der Waals surface area contributed by atoms with E-state index in [4.69, 9.17) is 21.1 Å². The SMILES string of the molecule is CCN1CCC[C@@H]1CN(Cc1ccc2c(c1)OCO2)C(=O)c1ccccc1Cl. The lowest BCUT2D eigenvalue weighted by Gasteiger charge is -2.31. The first kappa shape index (κ1) is 19.1. The summed E-state index contributed by atoms with van der Waals surface area (Å²) in [5.74, 6) is 1.45. The predicted octanol–water partition coefficient (Wildman–Crippen LogP) is 4.20. The van der Waals surface area contributed by atoms with Crippen LogP contribution in [-0.4, -0.2) is 48.2 Å². The van der Waals surface area contributed by atoms with E-state index in [1.807, 2.05) is 35.2 Å². The number of carbonyl (C=O) groups excluding carboxylic acids is 1. The number of rotatable bonds is 6. The number of nitrogens with zero attached hydrogens (tertiary/aromatic N) is 2. The summed E-state index contributed by atoms with van der Waals surface area (Å²) in [6.07, 6.45) is 2.29. The lowest BCUT2D eigenvalue weighted by Crippen LogP contribution is -2.42. The van der Waals surface area contributed by atoms with Crippen LogP contribution in [-0.2, 0) is 6.54 Å². The van der Waals surface area contributed by atoms with Crippen molar-refractivity contribution in [2.45, 2.75) is 32.4 Å². The summed E-state index contributed by atoms with van der Waals surface area (Å²) in [7, 11) is 0. The number of carbonyl (C=O) groups is 1. The first-order valence-electron chi connectivity index (χ1n) is 9.82. The Morgan fingerprint density at radius 3 is 2.86 bits per heavy atom. The van der Waals surface area contributed by atoms with E-state index in [0.717, 1.165) is 36.6 Å². The molecule has 0 spiro atoms. The zero-order chi connectivity index (χ0) is 19.5. The van der Waals surface area contributed by atoms with E-state index in [-0.39, 0.29) is 12.7 Å². The van der Waals surface area contributed by atoms with Gasteiger partial charge in [-0.1, -0.05) is 36.7 Å². The molecule has 5 nitrogen and oxygen atoms in total. The van der Waals surface area contributed by atoms with Crippen molar-refractivity contribution in [2.75, 3.05) is 26.4 Å². The molecule has 0 unspecified atom stereocenters. The van der Waals surface area contributed by atoms with Crippen molar-refractivity contribution in [3.05, 3.63) is 58.6 Å². The maximum atomic E-state index is 13.4. The van der Waals surface area contributed by atoms with Crippen molar-refractivity contribution in [3.8, 4) is 11.5 Å². The van der Waals surface area contributed by atoms with Gasteiger partial charge in [-0.25, -0.2) is 0 Å². The van der Waals surface area contributed by atoms with E-state index in [1.165, 1.54) is 6.42 Å². The van der Waals surface area contributed by atoms with E-state index >= 15 is 0 Å². The molecule has 0 radical (unpaired) electrons. The van der Waals surface area contributed by atoms with Gasteiger partial charge in [0, 0.05) is 19.1 Å². The van der Waals surface area contributed by atoms with Gasteiger partial charge in [-0.3, -0.25) is 9.69 Å². The van der Waals surface area contributed by atoms with Crippen molar-refractivity contribution in [2.24, 2.45) is 0 Å². The minimum Gasteiger partial charge on any atom is -0.454 e. The van der Waals surface area contributed by atoms with Crippen LogP contribution in [0.25, 0.3) is 0 Å². The van der Waals surface area contributed by atoms with Gasteiger partial charge in [-0.15, -0.1) is 0 Å². The van der Waals surface area contributed by atoms with Crippen LogP contribution in [0.1, 0.15) is 35.7 Å². The molecule has 1 saturated heterocycles. The fourth-order valence-corrected chi connectivity index (χ4v) is 4.27. The highest BCUT2D eigenvalue weighted by Gasteiger charge is 2.28. The summed E-state index contributed by atoms with van der Waals surface area (Å²) < 4.78 is 10.9. The molecule has 28 heavy (non-hydrogen) atoms. The molecule has 0 N–H and O–H groups in total. The first-order valence-corrected chi connectivity index (χ1v) is 10.2. The summed E-state index contributed by atoms with van der Waals surface area (Å²) in [6.45, 7) is 5.72. The van der Waals surface area contributed by atoms with Crippen LogP contribution in [0.2, 0.25) is 5.02 Å². The Labute approximate surface area is 170 Å². The van der Waals surface area contributed by atoms with Gasteiger partial charge in [-0.05, 0) is 55.8 Å². The molecular weight excluding hydrogens is 376 g/mol. The van der Waals surface area contributed by atoms with Crippen molar-refractivity contribution in [3.63, 3.8) is 0 Å². The average Bonchev–Trinajstić information content (AvgIpc) is 3.35. The molecule has 2 aliphatic heterocycles. The molecule has 148 valence electrons. The normalized spacial score (nSPS) is 18.4. The number of benzene rings is 2. The predicted molar refractivity (Wildman–Crippen MR) is 109 cm³/mol. The fourth-order valence-electron chi connectivity index (χ4n) is 4.06. The number of likely N-dealkylation sites (tertiary alicyclic amines) is 1. The zero-order valence-corrected chi connectivity index (χ0v) is 16.8. The number of ether oxygens (including phenoxy) is 2. The molecule has 1 amide bonds. The Morgan fingerprint density at radius 2 is 2.04 bits per heavy atom. The molecule has 2 aromatic rings. The van der Waals surface area contributed by atoms with E-state index in [2.05, 4.69) is 11.8 Å². The molecule has 1 atom stereocenters. The van der Waals surface area contributed by atoms with Crippen LogP contribution in [0.15, 0.2) is 42.5 Å². The second-order valence-electron chi connectivity index (χ2n) is 7.28. The van der Waals surface area contributed by atoms with E-state index in [0.29, 0.717) is 29.7 Å². The molecule has 0 saturated carbocycles. The fraction of sp³-hybridized carbons (Fsp3) is 0.409. The van der Waals surface area contributed by atoms with Gasteiger partial charge >= 0.3 is 0 Å². The molecule has 2 aromatic carbocycles. The molecule has 0 aliphatic carbocycles. The molecule has 6 heteroatoms. The maximum absolute atomic E-state index is 13.4. The Balaban J connectivity index is 1.59. The average molecular weight is 401 g/mol. The number of hydrogen-bond acceptors (Lipinski definition) is 4. The topological polar surface area (TPSA) is 42.0 Å². The lowest BCUT2D eigenvalue weighted by atomic mass is 10.1. The van der Waals surface area contributed by atoms with Gasteiger partial charge in [0.05, 0.1) is 10.6 Å². The van der Waals surface area contributed by atoms with Gasteiger partial charge in [0.15, 0.2) is 11.5 Å². The van der Waals surface area contributed by atoms with Crippen molar-refractivity contribution >= 4 is 17.5 Å². The van der Waals surface area contributed by atoms with Crippen molar-refractivity contribution in [1.82, 2.24) is 9.80 Å². The third kappa shape index (κ3) is 3.96. The van der Waals surface area contributed by atoms with Crippen LogP contribution in [0, 0.1) is 0 Å². The largest absolute Gasteiger partial charge is 0.454 e. The van der Waals surface area contributed by atoms with Gasteiger partial charge in [0.1, 0.15) is 0 Å². The van der Waals surface area contributed by atoms with Crippen LogP contribution >= 0.6 is 11.6 Å². The van der Waals surface area contributed by atoms with Crippen LogP contribution in [0.3, 0.4) is 0 Å². The van der Waals surface area contributed by atoms with Crippen LogP contribution in [0.4, 0.5) is 0 Å². The van der Waals surface area contributed by atoms with Crippen molar-refractivity contribution < 1.29 is 14.3 Å². The Bertz CT molecular complexity index is 857. The van der Waals surface area contributed by atoms with Gasteiger partial charge < -0.3 is 14.4 Å². The lowest BCUT2D eigenvalue weighted by molar-refractivity contribution is 0.0692. The smallest absolute Gasteiger partial charge is 0.255 e. The molecule has 1 fully saturated rings. The zero-order valence-electron chi connectivity index (χ0n) is 16.1. The minimum absolute atomic E-state index is 0.0359. The first-order chi connectivity index (χ1) is 13.7. The quantitative estimate of drug-likeness (QED) is 0.729. The summed E-state index contributed by atoms with van der Waals surface area (Å²) >= 11 is 6.32. The Morgan fingerprint density at radius 1 is 1.21 bits per heavy atom. The molecule has 4 rings (SSSR count). The second kappa shape index (κ2) is 8.41. The summed E-state index contributed by atoms with van der Waals surface area (Å²) in [4.78, 5) is 17.7. The minimum atomic E-state index is -0.0359. The number of hydrogen-bond donors (Lipinski definition) is 0. The summed E-state index contributed by atoms with van der Waals surface area (Å²) in [6, 6.07) is 13.5. The van der Waals surface area contributed by atoms with Gasteiger partial charge in [-0.2, -0.15) is 0 Å².